The molecular weight excluding hydrogens is 470 g/mol. The molecule has 1 unspecified atom stereocenters. The Balaban J connectivity index is 1.28. The summed E-state index contributed by atoms with van der Waals surface area (Å²) in [4.78, 5) is 25.6. The highest BCUT2D eigenvalue weighted by molar-refractivity contribution is 7.99. The molecule has 2 N–H and O–H groups in total. The van der Waals surface area contributed by atoms with E-state index in [4.69, 9.17) is 4.98 Å². The maximum absolute atomic E-state index is 12.8. The quantitative estimate of drug-likeness (QED) is 0.313. The first kappa shape index (κ1) is 22.2. The van der Waals surface area contributed by atoms with Crippen molar-refractivity contribution in [3.8, 4) is 11.4 Å². The van der Waals surface area contributed by atoms with Crippen molar-refractivity contribution in [2.45, 2.75) is 25.0 Å². The number of H-pyrrole nitrogens is 1. The zero-order chi connectivity index (χ0) is 24.6. The van der Waals surface area contributed by atoms with E-state index >= 15 is 0 Å². The fraction of sp³-hybridized carbons (Fsp3) is 0.148. The van der Waals surface area contributed by atoms with Crippen LogP contribution in [0.2, 0.25) is 0 Å². The smallest absolute Gasteiger partial charge is 0.231 e. The van der Waals surface area contributed by atoms with Gasteiger partial charge in [0.15, 0.2) is 10.8 Å². The molecule has 178 valence electrons. The standard InChI is InChI=1S/C27H23N7OS/c1-16-11-13-18(14-12-16)25-31-20-8-4-3-7-19(20)26-32-33-27(34(25)26)36-15-23(35)28-17(2)24-29-21-9-5-6-10-22(21)30-24/h3-14,17H,15H2,1-2H3,(H,28,35)(H,29,30). The van der Waals surface area contributed by atoms with E-state index < -0.39 is 0 Å². The summed E-state index contributed by atoms with van der Waals surface area (Å²) in [5.41, 5.74) is 5.52. The van der Waals surface area contributed by atoms with Crippen LogP contribution in [0.15, 0.2) is 78.0 Å². The summed E-state index contributed by atoms with van der Waals surface area (Å²) in [5.74, 6) is 1.54. The number of aryl methyl sites for hydroxylation is 1. The van der Waals surface area contributed by atoms with E-state index in [9.17, 15) is 4.79 Å². The zero-order valence-corrected chi connectivity index (χ0v) is 20.6. The third-order valence-electron chi connectivity index (χ3n) is 6.05. The molecule has 0 aliphatic carbocycles. The molecule has 0 aliphatic rings. The van der Waals surface area contributed by atoms with Crippen LogP contribution in [0.4, 0.5) is 0 Å². The van der Waals surface area contributed by atoms with Gasteiger partial charge in [-0.2, -0.15) is 0 Å². The summed E-state index contributed by atoms with van der Waals surface area (Å²) in [6.45, 7) is 3.97. The molecule has 0 saturated heterocycles. The van der Waals surface area contributed by atoms with Gasteiger partial charge in [-0.05, 0) is 38.1 Å². The van der Waals surface area contributed by atoms with Gasteiger partial charge in [0, 0.05) is 10.9 Å². The molecule has 9 heteroatoms. The lowest BCUT2D eigenvalue weighted by atomic mass is 10.1. The minimum Gasteiger partial charge on any atom is -0.346 e. The normalized spacial score (nSPS) is 12.4. The van der Waals surface area contributed by atoms with Crippen LogP contribution in [0, 0.1) is 6.92 Å². The summed E-state index contributed by atoms with van der Waals surface area (Å²) < 4.78 is 1.94. The van der Waals surface area contributed by atoms with Gasteiger partial charge in [0.1, 0.15) is 11.6 Å². The number of thioether (sulfide) groups is 1. The van der Waals surface area contributed by atoms with E-state index in [0.717, 1.165) is 44.8 Å². The zero-order valence-electron chi connectivity index (χ0n) is 19.8. The van der Waals surface area contributed by atoms with Crippen molar-refractivity contribution in [2.75, 3.05) is 5.75 Å². The van der Waals surface area contributed by atoms with Crippen LogP contribution in [-0.4, -0.2) is 41.2 Å². The number of benzene rings is 3. The number of nitrogens with zero attached hydrogens (tertiary/aromatic N) is 5. The molecule has 0 radical (unpaired) electrons. The Bertz CT molecular complexity index is 1690. The molecule has 0 spiro atoms. The fourth-order valence-corrected chi connectivity index (χ4v) is 4.95. The molecule has 8 nitrogen and oxygen atoms in total. The molecule has 0 aliphatic heterocycles. The van der Waals surface area contributed by atoms with E-state index in [0.29, 0.717) is 5.16 Å². The second-order valence-electron chi connectivity index (χ2n) is 8.68. The number of aromatic amines is 1. The number of amides is 1. The Labute approximate surface area is 211 Å². The van der Waals surface area contributed by atoms with E-state index in [1.807, 2.05) is 72.0 Å². The van der Waals surface area contributed by atoms with Crippen molar-refractivity contribution in [3.05, 3.63) is 84.2 Å². The van der Waals surface area contributed by atoms with Gasteiger partial charge in [-0.25, -0.2) is 9.97 Å². The Hall–Kier alpha value is -4.24. The minimum atomic E-state index is -0.255. The topological polar surface area (TPSA) is 101 Å². The van der Waals surface area contributed by atoms with E-state index in [2.05, 4.69) is 44.5 Å². The van der Waals surface area contributed by atoms with Gasteiger partial charge in [0.05, 0.1) is 28.3 Å². The molecule has 6 aromatic rings. The van der Waals surface area contributed by atoms with Crippen LogP contribution < -0.4 is 5.32 Å². The van der Waals surface area contributed by atoms with Crippen molar-refractivity contribution in [1.82, 2.24) is 34.9 Å². The summed E-state index contributed by atoms with van der Waals surface area (Å²) in [5, 5.41) is 13.4. The lowest BCUT2D eigenvalue weighted by Gasteiger charge is -2.12. The maximum atomic E-state index is 12.8. The van der Waals surface area contributed by atoms with Crippen LogP contribution in [-0.2, 0) is 4.79 Å². The lowest BCUT2D eigenvalue weighted by molar-refractivity contribution is -0.119. The van der Waals surface area contributed by atoms with Gasteiger partial charge >= 0.3 is 0 Å². The van der Waals surface area contributed by atoms with Crippen LogP contribution in [0.25, 0.3) is 39.0 Å². The highest BCUT2D eigenvalue weighted by Gasteiger charge is 2.19. The van der Waals surface area contributed by atoms with Gasteiger partial charge in [0.2, 0.25) is 5.91 Å². The van der Waals surface area contributed by atoms with Crippen molar-refractivity contribution >= 4 is 45.3 Å². The van der Waals surface area contributed by atoms with E-state index in [1.54, 1.807) is 0 Å². The molecule has 0 saturated carbocycles. The number of fused-ring (bicyclic) bond motifs is 4. The molecule has 1 amide bonds. The molecule has 3 aromatic carbocycles. The number of rotatable bonds is 6. The minimum absolute atomic E-state index is 0.115. The number of hydrogen-bond acceptors (Lipinski definition) is 6. The Morgan fingerprint density at radius 3 is 2.53 bits per heavy atom. The van der Waals surface area contributed by atoms with Crippen LogP contribution in [0.5, 0.6) is 0 Å². The average molecular weight is 494 g/mol. The lowest BCUT2D eigenvalue weighted by Crippen LogP contribution is -2.28. The van der Waals surface area contributed by atoms with E-state index in [-0.39, 0.29) is 17.7 Å². The van der Waals surface area contributed by atoms with Crippen molar-refractivity contribution in [1.29, 1.82) is 0 Å². The Morgan fingerprint density at radius 2 is 1.72 bits per heavy atom. The summed E-state index contributed by atoms with van der Waals surface area (Å²) in [6, 6.07) is 23.6. The second-order valence-corrected chi connectivity index (χ2v) is 9.62. The largest absolute Gasteiger partial charge is 0.346 e. The predicted molar refractivity (Wildman–Crippen MR) is 142 cm³/mol. The van der Waals surface area contributed by atoms with Gasteiger partial charge in [-0.15, -0.1) is 10.2 Å². The van der Waals surface area contributed by atoms with Crippen molar-refractivity contribution < 1.29 is 4.79 Å². The summed E-state index contributed by atoms with van der Waals surface area (Å²) >= 11 is 1.33. The number of carbonyl (C=O) groups is 1. The third kappa shape index (κ3) is 4.07. The summed E-state index contributed by atoms with van der Waals surface area (Å²) in [7, 11) is 0. The van der Waals surface area contributed by atoms with Gasteiger partial charge in [0.25, 0.3) is 0 Å². The number of para-hydroxylation sites is 3. The highest BCUT2D eigenvalue weighted by atomic mass is 32.2. The second kappa shape index (κ2) is 9.09. The van der Waals surface area contributed by atoms with E-state index in [1.165, 1.54) is 17.3 Å². The molecule has 6 rings (SSSR count). The van der Waals surface area contributed by atoms with Crippen LogP contribution in [0.1, 0.15) is 24.4 Å². The molecular formula is C27H23N7OS. The molecule has 0 bridgehead atoms. The fourth-order valence-electron chi connectivity index (χ4n) is 4.21. The first-order valence-electron chi connectivity index (χ1n) is 11.6. The van der Waals surface area contributed by atoms with Crippen LogP contribution >= 0.6 is 11.8 Å². The van der Waals surface area contributed by atoms with Gasteiger partial charge < -0.3 is 10.3 Å². The molecule has 3 aromatic heterocycles. The number of nitrogens with one attached hydrogen (secondary N) is 2. The predicted octanol–water partition coefficient (Wildman–Crippen LogP) is 5.10. The van der Waals surface area contributed by atoms with Crippen molar-refractivity contribution in [2.24, 2.45) is 0 Å². The number of imidazole rings is 1. The van der Waals surface area contributed by atoms with Crippen LogP contribution in [0.3, 0.4) is 0 Å². The maximum Gasteiger partial charge on any atom is 0.231 e. The monoisotopic (exact) mass is 493 g/mol. The average Bonchev–Trinajstić information content (AvgIpc) is 3.52. The molecule has 1 atom stereocenters. The first-order chi connectivity index (χ1) is 17.6. The third-order valence-corrected chi connectivity index (χ3v) is 6.98. The Kier molecular flexibility index (Phi) is 5.61. The number of hydrogen-bond donors (Lipinski definition) is 2. The molecule has 0 fully saturated rings. The Morgan fingerprint density at radius 1 is 0.972 bits per heavy atom. The summed E-state index contributed by atoms with van der Waals surface area (Å²) in [6.07, 6.45) is 0. The highest BCUT2D eigenvalue weighted by Crippen LogP contribution is 2.29. The van der Waals surface area contributed by atoms with Crippen molar-refractivity contribution in [3.63, 3.8) is 0 Å². The SMILES string of the molecule is Cc1ccc(-c2nc3ccccc3c3nnc(SCC(=O)NC(C)c4nc5ccccc5[nH]4)n23)cc1. The molecule has 3 heterocycles. The van der Waals surface area contributed by atoms with Gasteiger partial charge in [-0.3, -0.25) is 9.20 Å². The number of aromatic nitrogens is 6. The van der Waals surface area contributed by atoms with Gasteiger partial charge in [-0.1, -0.05) is 65.9 Å². The number of carbonyl (C=O) groups excluding carboxylic acids is 1. The first-order valence-corrected chi connectivity index (χ1v) is 12.6. The molecule has 36 heavy (non-hydrogen) atoms.